The number of carbonyl (C=O) groups is 1. The summed E-state index contributed by atoms with van der Waals surface area (Å²) in [6.07, 6.45) is 3.31. The van der Waals surface area contributed by atoms with Crippen LogP contribution in [0.5, 0.6) is 11.5 Å². The molecule has 4 rings (SSSR count). The van der Waals surface area contributed by atoms with Crippen molar-refractivity contribution in [2.45, 2.75) is 26.8 Å². The molecule has 0 N–H and O–H groups in total. The minimum Gasteiger partial charge on any atom is -0.490 e. The third kappa shape index (κ3) is 4.97. The van der Waals surface area contributed by atoms with Gasteiger partial charge in [0.15, 0.2) is 16.3 Å². The highest BCUT2D eigenvalue weighted by Gasteiger charge is 2.31. The molecule has 0 fully saturated rings. The Labute approximate surface area is 215 Å². The molecule has 0 unspecified atom stereocenters. The van der Waals surface area contributed by atoms with E-state index in [0.717, 1.165) is 15.6 Å². The summed E-state index contributed by atoms with van der Waals surface area (Å²) in [6.45, 7) is 6.71. The Morgan fingerprint density at radius 3 is 2.57 bits per heavy atom. The standard InChI is InChI=1S/C26H25BrN2O5S/c1-5-33-20-10-9-17(13-21(20)34-6-2)23-18(25(31)32-4)14-28-26-29(23)24(30)22(35-26)12-16-8-7-15(3)19(27)11-16/h7-14,23H,5-6H2,1-4H3/b22-12+/t23-/m1/s1. The molecular formula is C26H25BrN2O5S. The first-order valence-electron chi connectivity index (χ1n) is 11.1. The molecule has 3 aromatic rings. The normalized spacial score (nSPS) is 15.2. The van der Waals surface area contributed by atoms with Crippen LogP contribution in [0.4, 0.5) is 0 Å². The van der Waals surface area contributed by atoms with Gasteiger partial charge < -0.3 is 14.2 Å². The molecule has 0 bridgehead atoms. The fraction of sp³-hybridized carbons (Fsp3) is 0.269. The lowest BCUT2D eigenvalue weighted by molar-refractivity contribution is -0.136. The highest BCUT2D eigenvalue weighted by atomic mass is 79.9. The van der Waals surface area contributed by atoms with Crippen LogP contribution in [0.25, 0.3) is 6.08 Å². The number of rotatable bonds is 7. The molecule has 0 spiro atoms. The van der Waals surface area contributed by atoms with Gasteiger partial charge in [-0.15, -0.1) is 0 Å². The van der Waals surface area contributed by atoms with Gasteiger partial charge in [-0.3, -0.25) is 9.36 Å². The molecule has 2 heterocycles. The third-order valence-corrected chi connectivity index (χ3v) is 7.35. The lowest BCUT2D eigenvalue weighted by Gasteiger charge is -2.23. The molecule has 7 nitrogen and oxygen atoms in total. The van der Waals surface area contributed by atoms with Crippen LogP contribution in [0.1, 0.15) is 36.6 Å². The summed E-state index contributed by atoms with van der Waals surface area (Å²) >= 11 is 4.82. The summed E-state index contributed by atoms with van der Waals surface area (Å²) < 4.78 is 19.5. The van der Waals surface area contributed by atoms with Gasteiger partial charge in [-0.25, -0.2) is 9.79 Å². The van der Waals surface area contributed by atoms with E-state index in [-0.39, 0.29) is 11.1 Å². The molecule has 2 aromatic carbocycles. The van der Waals surface area contributed by atoms with Crippen LogP contribution < -0.4 is 24.4 Å². The second-order valence-electron chi connectivity index (χ2n) is 7.76. The Bertz CT molecular complexity index is 1490. The van der Waals surface area contributed by atoms with E-state index in [1.807, 2.05) is 51.1 Å². The lowest BCUT2D eigenvalue weighted by Crippen LogP contribution is -2.39. The predicted molar refractivity (Wildman–Crippen MR) is 139 cm³/mol. The zero-order chi connectivity index (χ0) is 25.1. The van der Waals surface area contributed by atoms with Crippen LogP contribution in [0, 0.1) is 6.92 Å². The van der Waals surface area contributed by atoms with E-state index in [1.54, 1.807) is 12.1 Å². The second kappa shape index (κ2) is 10.6. The molecule has 0 saturated carbocycles. The Kier molecular flexibility index (Phi) is 7.57. The Hall–Kier alpha value is -3.17. The minimum atomic E-state index is -0.722. The summed E-state index contributed by atoms with van der Waals surface area (Å²) in [7, 11) is 1.31. The van der Waals surface area contributed by atoms with Gasteiger partial charge in [0.05, 0.1) is 36.5 Å². The summed E-state index contributed by atoms with van der Waals surface area (Å²) in [5.41, 5.74) is 2.70. The number of benzene rings is 2. The van der Waals surface area contributed by atoms with Crippen LogP contribution in [0.2, 0.25) is 0 Å². The van der Waals surface area contributed by atoms with E-state index >= 15 is 0 Å². The van der Waals surface area contributed by atoms with Gasteiger partial charge in [0.25, 0.3) is 5.56 Å². The zero-order valence-corrected chi connectivity index (χ0v) is 22.2. The summed E-state index contributed by atoms with van der Waals surface area (Å²) in [5.74, 6) is 0.584. The van der Waals surface area contributed by atoms with Crippen molar-refractivity contribution in [2.75, 3.05) is 20.3 Å². The summed E-state index contributed by atoms with van der Waals surface area (Å²) in [5, 5.41) is 0. The van der Waals surface area contributed by atoms with Crippen LogP contribution in [0.15, 0.2) is 62.4 Å². The first-order chi connectivity index (χ1) is 16.9. The molecule has 35 heavy (non-hydrogen) atoms. The van der Waals surface area contributed by atoms with Gasteiger partial charge in [0.2, 0.25) is 0 Å². The number of nitrogens with zero attached hydrogens (tertiary/aromatic N) is 2. The number of halogens is 1. The average molecular weight is 557 g/mol. The van der Waals surface area contributed by atoms with Crippen LogP contribution >= 0.6 is 27.3 Å². The number of fused-ring (bicyclic) bond motifs is 1. The molecule has 0 radical (unpaired) electrons. The number of aromatic nitrogens is 1. The summed E-state index contributed by atoms with van der Waals surface area (Å²) in [4.78, 5) is 31.2. The van der Waals surface area contributed by atoms with Crippen molar-refractivity contribution < 1.29 is 19.0 Å². The molecule has 9 heteroatoms. The zero-order valence-electron chi connectivity index (χ0n) is 19.8. The van der Waals surface area contributed by atoms with Gasteiger partial charge in [0, 0.05) is 10.7 Å². The second-order valence-corrected chi connectivity index (χ2v) is 9.62. The van der Waals surface area contributed by atoms with Gasteiger partial charge in [-0.1, -0.05) is 45.5 Å². The Morgan fingerprint density at radius 2 is 1.89 bits per heavy atom. The first kappa shape index (κ1) is 24.9. The van der Waals surface area contributed by atoms with Crippen molar-refractivity contribution in [3.8, 4) is 11.5 Å². The van der Waals surface area contributed by atoms with Crippen LogP contribution in [0.3, 0.4) is 0 Å². The van der Waals surface area contributed by atoms with Gasteiger partial charge in [0.1, 0.15) is 0 Å². The van der Waals surface area contributed by atoms with E-state index < -0.39 is 12.0 Å². The lowest BCUT2D eigenvalue weighted by atomic mass is 9.97. The fourth-order valence-corrected chi connectivity index (χ4v) is 5.20. The molecule has 1 aliphatic rings. The maximum atomic E-state index is 13.6. The monoisotopic (exact) mass is 556 g/mol. The van der Waals surface area contributed by atoms with Gasteiger partial charge in [-0.2, -0.15) is 0 Å². The molecule has 0 amide bonds. The fourth-order valence-electron chi connectivity index (χ4n) is 3.84. The largest absolute Gasteiger partial charge is 0.490 e. The van der Waals surface area contributed by atoms with Crippen molar-refractivity contribution in [3.05, 3.63) is 89.0 Å². The van der Waals surface area contributed by atoms with Crippen LogP contribution in [-0.2, 0) is 9.53 Å². The van der Waals surface area contributed by atoms with E-state index in [4.69, 9.17) is 14.2 Å². The molecule has 0 saturated heterocycles. The number of hydrogen-bond acceptors (Lipinski definition) is 7. The molecule has 1 aliphatic heterocycles. The number of esters is 1. The van der Waals surface area contributed by atoms with E-state index in [9.17, 15) is 9.59 Å². The number of hydrogen-bond donors (Lipinski definition) is 0. The molecule has 1 aromatic heterocycles. The third-order valence-electron chi connectivity index (χ3n) is 5.50. The van der Waals surface area contributed by atoms with Crippen LogP contribution in [-0.4, -0.2) is 30.9 Å². The Morgan fingerprint density at radius 1 is 1.14 bits per heavy atom. The van der Waals surface area contributed by atoms with Crippen molar-refractivity contribution in [2.24, 2.45) is 4.99 Å². The van der Waals surface area contributed by atoms with Gasteiger partial charge in [-0.05, 0) is 61.7 Å². The van der Waals surface area contributed by atoms with Crippen molar-refractivity contribution in [1.29, 1.82) is 0 Å². The molecule has 0 aliphatic carbocycles. The first-order valence-corrected chi connectivity index (χ1v) is 12.7. The van der Waals surface area contributed by atoms with Gasteiger partial charge >= 0.3 is 5.97 Å². The number of ether oxygens (including phenoxy) is 3. The maximum absolute atomic E-state index is 13.6. The summed E-state index contributed by atoms with van der Waals surface area (Å²) in [6, 6.07) is 10.6. The quantitative estimate of drug-likeness (QED) is 0.412. The van der Waals surface area contributed by atoms with E-state index in [1.165, 1.54) is 29.2 Å². The van der Waals surface area contributed by atoms with Crippen molar-refractivity contribution in [1.82, 2.24) is 4.57 Å². The van der Waals surface area contributed by atoms with Crippen molar-refractivity contribution >= 4 is 39.3 Å². The smallest absolute Gasteiger partial charge is 0.337 e. The number of thiazole rings is 1. The molecular weight excluding hydrogens is 532 g/mol. The number of aryl methyl sites for hydroxylation is 1. The minimum absolute atomic E-state index is 0.239. The SMILES string of the molecule is CCOc1ccc([C@@H]2C(C(=O)OC)=CN=c3s/c(=C/c4ccc(C)c(Br)c4)c(=O)n32)cc1OCC. The van der Waals surface area contributed by atoms with Crippen molar-refractivity contribution in [3.63, 3.8) is 0 Å². The topological polar surface area (TPSA) is 79.1 Å². The Balaban J connectivity index is 1.90. The molecule has 182 valence electrons. The molecule has 1 atom stereocenters. The average Bonchev–Trinajstić information content (AvgIpc) is 3.17. The number of methoxy groups -OCH3 is 1. The highest BCUT2D eigenvalue weighted by molar-refractivity contribution is 9.10. The number of carbonyl (C=O) groups excluding carboxylic acids is 1. The maximum Gasteiger partial charge on any atom is 0.337 e. The highest BCUT2D eigenvalue weighted by Crippen LogP contribution is 2.35. The van der Waals surface area contributed by atoms with E-state index in [2.05, 4.69) is 20.9 Å². The predicted octanol–water partition coefficient (Wildman–Crippen LogP) is 3.89. The van der Waals surface area contributed by atoms with E-state index in [0.29, 0.717) is 39.6 Å².